The maximum Gasteiger partial charge on any atom is 0.386 e. The van der Waals surface area contributed by atoms with Crippen molar-refractivity contribution in [3.8, 4) is 0 Å². The second-order valence-electron chi connectivity index (χ2n) is 5.34. The van der Waals surface area contributed by atoms with Crippen molar-refractivity contribution in [3.05, 3.63) is 0 Å². The van der Waals surface area contributed by atoms with Gasteiger partial charge >= 0.3 is 7.60 Å². The number of rotatable bonds is 12. The summed E-state index contributed by atoms with van der Waals surface area (Å²) in [6.07, 6.45) is 8.22. The van der Waals surface area contributed by atoms with Gasteiger partial charge in [-0.3, -0.25) is 9.09 Å². The SMILES string of the molecule is CCCCCCCCC1COP(=O)(C(OCC)OCC)O1. The summed E-state index contributed by atoms with van der Waals surface area (Å²) in [6.45, 7) is 7.11. The fraction of sp³-hybridized carbons (Fsp3) is 1.00. The number of hydrogen-bond donors (Lipinski definition) is 0. The van der Waals surface area contributed by atoms with Gasteiger partial charge in [0.15, 0.2) is 0 Å². The molecule has 0 amide bonds. The highest BCUT2D eigenvalue weighted by Crippen LogP contribution is 2.59. The van der Waals surface area contributed by atoms with Crippen LogP contribution < -0.4 is 0 Å². The first-order valence-electron chi connectivity index (χ1n) is 8.32. The van der Waals surface area contributed by atoms with E-state index in [1.54, 1.807) is 0 Å². The van der Waals surface area contributed by atoms with Crippen LogP contribution in [0.15, 0.2) is 0 Å². The third-order valence-electron chi connectivity index (χ3n) is 3.49. The van der Waals surface area contributed by atoms with E-state index in [9.17, 15) is 4.57 Å². The fourth-order valence-electron chi connectivity index (χ4n) is 2.37. The minimum absolute atomic E-state index is 0.0922. The molecule has 0 bridgehead atoms. The highest BCUT2D eigenvalue weighted by Gasteiger charge is 2.45. The van der Waals surface area contributed by atoms with Crippen LogP contribution in [0.1, 0.15) is 65.7 Å². The molecule has 21 heavy (non-hydrogen) atoms. The van der Waals surface area contributed by atoms with Gasteiger partial charge in [0.1, 0.15) is 0 Å². The Labute approximate surface area is 129 Å². The molecule has 0 aromatic carbocycles. The van der Waals surface area contributed by atoms with Crippen molar-refractivity contribution in [2.24, 2.45) is 0 Å². The molecule has 0 spiro atoms. The van der Waals surface area contributed by atoms with Crippen LogP contribution in [0.3, 0.4) is 0 Å². The molecule has 0 aromatic rings. The second-order valence-corrected chi connectivity index (χ2v) is 7.31. The zero-order valence-corrected chi connectivity index (χ0v) is 14.6. The molecule has 1 fully saturated rings. The van der Waals surface area contributed by atoms with E-state index in [0.717, 1.165) is 12.8 Å². The lowest BCUT2D eigenvalue weighted by atomic mass is 10.1. The average molecular weight is 322 g/mol. The lowest BCUT2D eigenvalue weighted by molar-refractivity contribution is -0.0941. The minimum atomic E-state index is -3.28. The summed E-state index contributed by atoms with van der Waals surface area (Å²) in [6, 6.07) is -0.887. The number of ether oxygens (including phenoxy) is 2. The molecule has 1 aliphatic rings. The molecule has 1 saturated heterocycles. The van der Waals surface area contributed by atoms with Crippen molar-refractivity contribution in [1.82, 2.24) is 0 Å². The van der Waals surface area contributed by atoms with E-state index in [1.165, 1.54) is 32.1 Å². The van der Waals surface area contributed by atoms with E-state index in [0.29, 0.717) is 19.8 Å². The van der Waals surface area contributed by atoms with Crippen LogP contribution in [0.5, 0.6) is 0 Å². The Bertz CT molecular complexity index is 304. The van der Waals surface area contributed by atoms with Gasteiger partial charge in [-0.1, -0.05) is 45.4 Å². The Morgan fingerprint density at radius 2 is 1.67 bits per heavy atom. The van der Waals surface area contributed by atoms with Gasteiger partial charge in [0.2, 0.25) is 0 Å². The molecule has 1 heterocycles. The van der Waals surface area contributed by atoms with Crippen LogP contribution in [-0.4, -0.2) is 32.0 Å². The van der Waals surface area contributed by atoms with Gasteiger partial charge in [-0.15, -0.1) is 0 Å². The summed E-state index contributed by atoms with van der Waals surface area (Å²) in [5.74, 6) is 0. The van der Waals surface area contributed by atoms with Crippen molar-refractivity contribution < 1.29 is 23.1 Å². The van der Waals surface area contributed by atoms with E-state index in [4.69, 9.17) is 18.5 Å². The Hall–Kier alpha value is 0.0700. The topological polar surface area (TPSA) is 54.0 Å². The van der Waals surface area contributed by atoms with Crippen LogP contribution >= 0.6 is 7.60 Å². The first-order valence-corrected chi connectivity index (χ1v) is 9.93. The second kappa shape index (κ2) is 10.7. The normalized spacial score (nSPS) is 25.8. The quantitative estimate of drug-likeness (QED) is 0.296. The Morgan fingerprint density at radius 3 is 2.29 bits per heavy atom. The minimum Gasteiger partial charge on any atom is -0.343 e. The lowest BCUT2D eigenvalue weighted by Gasteiger charge is -2.21. The first-order chi connectivity index (χ1) is 10.2. The van der Waals surface area contributed by atoms with Crippen molar-refractivity contribution in [2.45, 2.75) is 77.9 Å². The predicted octanol–water partition coefficient (Wildman–Crippen LogP) is 4.70. The van der Waals surface area contributed by atoms with Gasteiger partial charge in [-0.25, -0.2) is 0 Å². The molecule has 1 rings (SSSR count). The highest BCUT2D eigenvalue weighted by atomic mass is 31.2. The number of hydrogen-bond acceptors (Lipinski definition) is 5. The van der Waals surface area contributed by atoms with Crippen LogP contribution in [0, 0.1) is 0 Å². The summed E-state index contributed by atoms with van der Waals surface area (Å²) in [4.78, 5) is 0. The average Bonchev–Trinajstić information content (AvgIpc) is 2.85. The molecule has 1 aliphatic heterocycles. The molecular formula is C15H31O5P. The molecule has 126 valence electrons. The van der Waals surface area contributed by atoms with Crippen LogP contribution in [-0.2, 0) is 23.1 Å². The molecule has 0 aromatic heterocycles. The Kier molecular flexibility index (Phi) is 9.78. The fourth-order valence-corrected chi connectivity index (χ4v) is 4.27. The van der Waals surface area contributed by atoms with Crippen LogP contribution in [0.2, 0.25) is 0 Å². The molecule has 0 saturated carbocycles. The maximum absolute atomic E-state index is 12.6. The van der Waals surface area contributed by atoms with E-state index >= 15 is 0 Å². The third kappa shape index (κ3) is 6.79. The molecule has 2 unspecified atom stereocenters. The molecule has 0 aliphatic carbocycles. The van der Waals surface area contributed by atoms with Gasteiger partial charge in [-0.05, 0) is 20.3 Å². The number of unbranched alkanes of at least 4 members (excludes halogenated alkanes) is 5. The summed E-state index contributed by atoms with van der Waals surface area (Å²) < 4.78 is 34.3. The zero-order valence-electron chi connectivity index (χ0n) is 13.7. The van der Waals surface area contributed by atoms with Gasteiger partial charge in [-0.2, -0.15) is 0 Å². The Balaban J connectivity index is 2.27. The van der Waals surface area contributed by atoms with Gasteiger partial charge in [0.05, 0.1) is 12.7 Å². The van der Waals surface area contributed by atoms with E-state index in [2.05, 4.69) is 6.92 Å². The largest absolute Gasteiger partial charge is 0.386 e. The monoisotopic (exact) mass is 322 g/mol. The lowest BCUT2D eigenvalue weighted by Crippen LogP contribution is -2.18. The highest BCUT2D eigenvalue weighted by molar-refractivity contribution is 7.54. The predicted molar refractivity (Wildman–Crippen MR) is 83.5 cm³/mol. The van der Waals surface area contributed by atoms with E-state index in [-0.39, 0.29) is 6.10 Å². The zero-order chi connectivity index (χ0) is 15.6. The summed E-state index contributed by atoms with van der Waals surface area (Å²) in [7, 11) is -3.28. The summed E-state index contributed by atoms with van der Waals surface area (Å²) in [5, 5.41) is 0. The molecular weight excluding hydrogens is 291 g/mol. The maximum atomic E-state index is 12.6. The van der Waals surface area contributed by atoms with Crippen molar-refractivity contribution >= 4 is 7.60 Å². The van der Waals surface area contributed by atoms with E-state index < -0.39 is 13.6 Å². The van der Waals surface area contributed by atoms with Crippen molar-refractivity contribution in [3.63, 3.8) is 0 Å². The summed E-state index contributed by atoms with van der Waals surface area (Å²) in [5.41, 5.74) is 0. The van der Waals surface area contributed by atoms with Crippen molar-refractivity contribution in [1.29, 1.82) is 0 Å². The van der Waals surface area contributed by atoms with Crippen LogP contribution in [0.4, 0.5) is 0 Å². The molecule has 0 N–H and O–H groups in total. The van der Waals surface area contributed by atoms with Crippen LogP contribution in [0.25, 0.3) is 0 Å². The Morgan fingerprint density at radius 1 is 1.05 bits per heavy atom. The standard InChI is InChI=1S/C15H31O5P/c1-4-7-8-9-10-11-12-14-13-19-21(16,20-14)15(17-5-2)18-6-3/h14-15H,4-13H2,1-3H3. The van der Waals surface area contributed by atoms with Crippen molar-refractivity contribution in [2.75, 3.05) is 19.8 Å². The molecule has 5 nitrogen and oxygen atoms in total. The molecule has 2 atom stereocenters. The first kappa shape index (κ1) is 19.1. The van der Waals surface area contributed by atoms with Gasteiger partial charge in [0.25, 0.3) is 6.03 Å². The molecule has 0 radical (unpaired) electrons. The van der Waals surface area contributed by atoms with Gasteiger partial charge in [0, 0.05) is 13.2 Å². The van der Waals surface area contributed by atoms with E-state index in [1.807, 2.05) is 13.8 Å². The third-order valence-corrected chi connectivity index (χ3v) is 5.41. The molecule has 6 heteroatoms. The summed E-state index contributed by atoms with van der Waals surface area (Å²) >= 11 is 0. The van der Waals surface area contributed by atoms with Gasteiger partial charge < -0.3 is 14.0 Å². The smallest absolute Gasteiger partial charge is 0.343 e.